The lowest BCUT2D eigenvalue weighted by Gasteiger charge is -2.22. The van der Waals surface area contributed by atoms with Crippen molar-refractivity contribution >= 4 is 12.0 Å². The first-order valence-electron chi connectivity index (χ1n) is 5.98. The molecule has 18 heavy (non-hydrogen) atoms. The van der Waals surface area contributed by atoms with E-state index in [-0.39, 0.29) is 19.2 Å². The standard InChI is InChI=1S/C11H20N2O5/c1-17-7-5-13(9-2-3-9)11(16)12-4-6-18-8-10(14)15/h9H,2-8H2,1H3,(H,12,16)(H,14,15). The number of carboxylic acids is 1. The van der Waals surface area contributed by atoms with Crippen molar-refractivity contribution < 1.29 is 24.2 Å². The van der Waals surface area contributed by atoms with Crippen molar-refractivity contribution in [3.63, 3.8) is 0 Å². The van der Waals surface area contributed by atoms with E-state index in [0.29, 0.717) is 25.7 Å². The fourth-order valence-corrected chi connectivity index (χ4v) is 1.52. The number of rotatable bonds is 9. The summed E-state index contributed by atoms with van der Waals surface area (Å²) in [7, 11) is 1.60. The van der Waals surface area contributed by atoms with Gasteiger partial charge in [0.15, 0.2) is 0 Å². The van der Waals surface area contributed by atoms with Crippen molar-refractivity contribution in [2.75, 3.05) is 40.0 Å². The highest BCUT2D eigenvalue weighted by Gasteiger charge is 2.31. The third-order valence-electron chi connectivity index (χ3n) is 2.53. The molecule has 1 aliphatic rings. The van der Waals surface area contributed by atoms with Crippen LogP contribution in [0.5, 0.6) is 0 Å². The van der Waals surface area contributed by atoms with Gasteiger partial charge in [0.05, 0.1) is 13.2 Å². The van der Waals surface area contributed by atoms with Crippen molar-refractivity contribution in [2.45, 2.75) is 18.9 Å². The lowest BCUT2D eigenvalue weighted by molar-refractivity contribution is -0.142. The van der Waals surface area contributed by atoms with Crippen LogP contribution in [0.1, 0.15) is 12.8 Å². The average Bonchev–Trinajstić information content (AvgIpc) is 3.13. The Morgan fingerprint density at radius 1 is 1.39 bits per heavy atom. The molecule has 1 saturated carbocycles. The Hall–Kier alpha value is -1.34. The molecule has 104 valence electrons. The minimum atomic E-state index is -1.01. The molecule has 1 rings (SSSR count). The van der Waals surface area contributed by atoms with Gasteiger partial charge < -0.3 is 24.8 Å². The van der Waals surface area contributed by atoms with Crippen LogP contribution in [0.3, 0.4) is 0 Å². The van der Waals surface area contributed by atoms with E-state index in [4.69, 9.17) is 14.6 Å². The maximum absolute atomic E-state index is 11.8. The fraction of sp³-hybridized carbons (Fsp3) is 0.818. The summed E-state index contributed by atoms with van der Waals surface area (Å²) in [5.74, 6) is -1.01. The van der Waals surface area contributed by atoms with E-state index in [1.807, 2.05) is 0 Å². The fourth-order valence-electron chi connectivity index (χ4n) is 1.52. The molecule has 0 aromatic rings. The Kier molecular flexibility index (Phi) is 6.45. The molecule has 0 aromatic carbocycles. The number of carbonyl (C=O) groups excluding carboxylic acids is 1. The highest BCUT2D eigenvalue weighted by molar-refractivity contribution is 5.74. The number of nitrogens with zero attached hydrogens (tertiary/aromatic N) is 1. The summed E-state index contributed by atoms with van der Waals surface area (Å²) in [6.45, 7) is 1.25. The highest BCUT2D eigenvalue weighted by atomic mass is 16.5. The van der Waals surface area contributed by atoms with Crippen LogP contribution in [-0.2, 0) is 14.3 Å². The molecule has 0 aromatic heterocycles. The van der Waals surface area contributed by atoms with E-state index >= 15 is 0 Å². The molecule has 0 aliphatic heterocycles. The Labute approximate surface area is 106 Å². The van der Waals surface area contributed by atoms with Gasteiger partial charge in [0.1, 0.15) is 6.61 Å². The molecule has 0 bridgehead atoms. The Morgan fingerprint density at radius 2 is 2.11 bits per heavy atom. The van der Waals surface area contributed by atoms with Crippen molar-refractivity contribution in [3.8, 4) is 0 Å². The van der Waals surface area contributed by atoms with Gasteiger partial charge >= 0.3 is 12.0 Å². The van der Waals surface area contributed by atoms with Crippen molar-refractivity contribution in [1.82, 2.24) is 10.2 Å². The molecule has 0 unspecified atom stereocenters. The van der Waals surface area contributed by atoms with E-state index in [9.17, 15) is 9.59 Å². The van der Waals surface area contributed by atoms with Gasteiger partial charge in [-0.15, -0.1) is 0 Å². The van der Waals surface area contributed by atoms with Gasteiger partial charge in [-0.1, -0.05) is 0 Å². The minimum absolute atomic E-state index is 0.145. The second-order valence-corrected chi connectivity index (χ2v) is 4.10. The van der Waals surface area contributed by atoms with Crippen molar-refractivity contribution in [1.29, 1.82) is 0 Å². The zero-order valence-corrected chi connectivity index (χ0v) is 10.6. The monoisotopic (exact) mass is 260 g/mol. The molecule has 0 saturated heterocycles. The molecule has 0 heterocycles. The molecule has 1 fully saturated rings. The van der Waals surface area contributed by atoms with Crippen LogP contribution in [0.15, 0.2) is 0 Å². The van der Waals surface area contributed by atoms with Gasteiger partial charge in [-0.2, -0.15) is 0 Å². The lowest BCUT2D eigenvalue weighted by Crippen LogP contribution is -2.44. The SMILES string of the molecule is COCCN(C(=O)NCCOCC(=O)O)C1CC1. The third kappa shape index (κ3) is 5.83. The summed E-state index contributed by atoms with van der Waals surface area (Å²) in [5.41, 5.74) is 0. The number of ether oxygens (including phenoxy) is 2. The van der Waals surface area contributed by atoms with Gasteiger partial charge in [0.25, 0.3) is 0 Å². The Bertz CT molecular complexity index is 281. The van der Waals surface area contributed by atoms with E-state index < -0.39 is 5.97 Å². The molecular formula is C11H20N2O5. The number of amides is 2. The second-order valence-electron chi connectivity index (χ2n) is 4.10. The molecule has 7 nitrogen and oxygen atoms in total. The Balaban J connectivity index is 2.14. The maximum atomic E-state index is 11.8. The number of nitrogens with one attached hydrogen (secondary N) is 1. The largest absolute Gasteiger partial charge is 0.480 e. The average molecular weight is 260 g/mol. The lowest BCUT2D eigenvalue weighted by atomic mass is 10.5. The number of carbonyl (C=O) groups is 2. The molecule has 2 N–H and O–H groups in total. The number of hydrogen-bond acceptors (Lipinski definition) is 4. The van der Waals surface area contributed by atoms with Crippen molar-refractivity contribution in [3.05, 3.63) is 0 Å². The smallest absolute Gasteiger partial charge is 0.329 e. The molecule has 7 heteroatoms. The first kappa shape index (κ1) is 14.7. The predicted octanol–water partition coefficient (Wildman–Crippen LogP) is -0.0920. The number of carboxylic acid groups (broad SMARTS) is 1. The van der Waals surface area contributed by atoms with Crippen LogP contribution < -0.4 is 5.32 Å². The van der Waals surface area contributed by atoms with Gasteiger partial charge in [-0.05, 0) is 12.8 Å². The zero-order valence-electron chi connectivity index (χ0n) is 10.6. The van der Waals surface area contributed by atoms with E-state index in [2.05, 4.69) is 5.32 Å². The first-order chi connectivity index (χ1) is 8.65. The normalized spacial score (nSPS) is 14.3. The summed E-state index contributed by atoms with van der Waals surface area (Å²) >= 11 is 0. The van der Waals surface area contributed by atoms with Crippen LogP contribution in [0.2, 0.25) is 0 Å². The quantitative estimate of drug-likeness (QED) is 0.566. The number of methoxy groups -OCH3 is 1. The predicted molar refractivity (Wildman–Crippen MR) is 63.5 cm³/mol. The molecular weight excluding hydrogens is 240 g/mol. The third-order valence-corrected chi connectivity index (χ3v) is 2.53. The van der Waals surface area contributed by atoms with Crippen LogP contribution >= 0.6 is 0 Å². The Morgan fingerprint density at radius 3 is 2.67 bits per heavy atom. The summed E-state index contributed by atoms with van der Waals surface area (Å²) in [4.78, 5) is 23.8. The zero-order chi connectivity index (χ0) is 13.4. The van der Waals surface area contributed by atoms with Crippen molar-refractivity contribution in [2.24, 2.45) is 0 Å². The van der Waals surface area contributed by atoms with E-state index in [0.717, 1.165) is 12.8 Å². The van der Waals surface area contributed by atoms with Crippen LogP contribution in [0.4, 0.5) is 4.79 Å². The highest BCUT2D eigenvalue weighted by Crippen LogP contribution is 2.26. The molecule has 0 atom stereocenters. The molecule has 0 spiro atoms. The summed E-state index contributed by atoms with van der Waals surface area (Å²) < 4.78 is 9.78. The van der Waals surface area contributed by atoms with Gasteiger partial charge in [-0.25, -0.2) is 9.59 Å². The molecule has 1 aliphatic carbocycles. The van der Waals surface area contributed by atoms with E-state index in [1.54, 1.807) is 12.0 Å². The number of hydrogen-bond donors (Lipinski definition) is 2. The van der Waals surface area contributed by atoms with Gasteiger partial charge in [0.2, 0.25) is 0 Å². The van der Waals surface area contributed by atoms with Crippen LogP contribution in [0.25, 0.3) is 0 Å². The van der Waals surface area contributed by atoms with E-state index in [1.165, 1.54) is 0 Å². The summed E-state index contributed by atoms with van der Waals surface area (Å²) in [5, 5.41) is 11.1. The number of urea groups is 1. The van der Waals surface area contributed by atoms with Crippen LogP contribution in [0, 0.1) is 0 Å². The van der Waals surface area contributed by atoms with Crippen LogP contribution in [-0.4, -0.2) is 68.1 Å². The first-order valence-corrected chi connectivity index (χ1v) is 5.98. The second kappa shape index (κ2) is 7.88. The topological polar surface area (TPSA) is 88.1 Å². The number of aliphatic carboxylic acids is 1. The summed E-state index contributed by atoms with van der Waals surface area (Å²) in [6, 6.07) is 0.175. The molecule has 2 amide bonds. The molecule has 0 radical (unpaired) electrons. The van der Waals surface area contributed by atoms with Gasteiger partial charge in [-0.3, -0.25) is 0 Å². The van der Waals surface area contributed by atoms with Gasteiger partial charge in [0, 0.05) is 26.2 Å². The minimum Gasteiger partial charge on any atom is -0.480 e. The maximum Gasteiger partial charge on any atom is 0.329 e. The summed E-state index contributed by atoms with van der Waals surface area (Å²) in [6.07, 6.45) is 2.07.